The van der Waals surface area contributed by atoms with E-state index in [1.165, 1.54) is 11.1 Å². The zero-order valence-corrected chi connectivity index (χ0v) is 10.8. The third-order valence-corrected chi connectivity index (χ3v) is 2.91. The standard InChI is InChI=1S/C15H19NO2/c1-11-3-5-12(6-4-11)9-14(16)15-8-7-13(18-15)10-17-2/h3-8,14H,9-10,16H2,1-2H3. The zero-order valence-electron chi connectivity index (χ0n) is 10.8. The number of hydrogen-bond acceptors (Lipinski definition) is 3. The molecule has 0 aliphatic rings. The fraction of sp³-hybridized carbons (Fsp3) is 0.333. The largest absolute Gasteiger partial charge is 0.462 e. The summed E-state index contributed by atoms with van der Waals surface area (Å²) < 4.78 is 10.6. The summed E-state index contributed by atoms with van der Waals surface area (Å²) in [5, 5.41) is 0. The predicted octanol–water partition coefficient (Wildman–Crippen LogP) is 2.98. The summed E-state index contributed by atoms with van der Waals surface area (Å²) in [5.41, 5.74) is 8.62. The Morgan fingerprint density at radius 3 is 2.56 bits per heavy atom. The van der Waals surface area contributed by atoms with Crippen LogP contribution in [0.15, 0.2) is 40.8 Å². The fourth-order valence-corrected chi connectivity index (χ4v) is 1.89. The molecule has 0 amide bonds. The highest BCUT2D eigenvalue weighted by Crippen LogP contribution is 2.19. The van der Waals surface area contributed by atoms with Gasteiger partial charge in [-0.2, -0.15) is 0 Å². The number of nitrogens with two attached hydrogens (primary N) is 1. The molecule has 0 saturated carbocycles. The monoisotopic (exact) mass is 245 g/mol. The van der Waals surface area contributed by atoms with Gasteiger partial charge in [-0.05, 0) is 31.0 Å². The minimum atomic E-state index is -0.113. The van der Waals surface area contributed by atoms with Gasteiger partial charge in [-0.25, -0.2) is 0 Å². The van der Waals surface area contributed by atoms with Crippen LogP contribution in [-0.2, 0) is 17.8 Å². The van der Waals surface area contributed by atoms with Crippen molar-refractivity contribution in [2.75, 3.05) is 7.11 Å². The second kappa shape index (κ2) is 5.85. The highest BCUT2D eigenvalue weighted by Gasteiger charge is 2.11. The Kier molecular flexibility index (Phi) is 4.18. The van der Waals surface area contributed by atoms with Gasteiger partial charge in [0, 0.05) is 7.11 Å². The maximum Gasteiger partial charge on any atom is 0.129 e. The maximum absolute atomic E-state index is 6.14. The van der Waals surface area contributed by atoms with E-state index in [1.807, 2.05) is 12.1 Å². The normalized spacial score (nSPS) is 12.6. The summed E-state index contributed by atoms with van der Waals surface area (Å²) in [7, 11) is 1.65. The van der Waals surface area contributed by atoms with E-state index < -0.39 is 0 Å². The smallest absolute Gasteiger partial charge is 0.129 e. The van der Waals surface area contributed by atoms with Crippen molar-refractivity contribution < 1.29 is 9.15 Å². The molecule has 1 aromatic heterocycles. The van der Waals surface area contributed by atoms with Gasteiger partial charge in [0.15, 0.2) is 0 Å². The topological polar surface area (TPSA) is 48.4 Å². The van der Waals surface area contributed by atoms with Crippen LogP contribution in [0.5, 0.6) is 0 Å². The molecule has 1 heterocycles. The number of methoxy groups -OCH3 is 1. The lowest BCUT2D eigenvalue weighted by Crippen LogP contribution is -2.12. The number of hydrogen-bond donors (Lipinski definition) is 1. The molecule has 2 aromatic rings. The van der Waals surface area contributed by atoms with E-state index in [0.717, 1.165) is 17.9 Å². The molecule has 18 heavy (non-hydrogen) atoms. The van der Waals surface area contributed by atoms with Crippen LogP contribution < -0.4 is 5.73 Å². The van der Waals surface area contributed by atoms with Gasteiger partial charge in [0.1, 0.15) is 18.1 Å². The molecule has 0 aliphatic carbocycles. The molecule has 0 bridgehead atoms. The molecule has 96 valence electrons. The van der Waals surface area contributed by atoms with Crippen molar-refractivity contribution in [3.05, 3.63) is 59.0 Å². The highest BCUT2D eigenvalue weighted by atomic mass is 16.5. The summed E-state index contributed by atoms with van der Waals surface area (Å²) in [5.74, 6) is 1.62. The molecule has 3 heteroatoms. The molecule has 2 rings (SSSR count). The van der Waals surface area contributed by atoms with Crippen LogP contribution in [0, 0.1) is 6.92 Å². The van der Waals surface area contributed by atoms with Gasteiger partial charge < -0.3 is 14.9 Å². The van der Waals surface area contributed by atoms with Gasteiger partial charge in [0.05, 0.1) is 6.04 Å². The molecule has 1 aromatic carbocycles. The first kappa shape index (κ1) is 12.9. The van der Waals surface area contributed by atoms with Crippen LogP contribution in [0.25, 0.3) is 0 Å². The SMILES string of the molecule is COCc1ccc(C(N)Cc2ccc(C)cc2)o1. The van der Waals surface area contributed by atoms with Crippen LogP contribution in [0.4, 0.5) is 0 Å². The Balaban J connectivity index is 2.02. The van der Waals surface area contributed by atoms with Crippen molar-refractivity contribution in [3.63, 3.8) is 0 Å². The van der Waals surface area contributed by atoms with E-state index in [0.29, 0.717) is 6.61 Å². The van der Waals surface area contributed by atoms with Crippen molar-refractivity contribution >= 4 is 0 Å². The quantitative estimate of drug-likeness (QED) is 0.881. The molecule has 0 aliphatic heterocycles. The van der Waals surface area contributed by atoms with Crippen molar-refractivity contribution in [2.24, 2.45) is 5.73 Å². The average Bonchev–Trinajstić information content (AvgIpc) is 2.81. The first-order valence-corrected chi connectivity index (χ1v) is 6.07. The second-order valence-corrected chi connectivity index (χ2v) is 4.53. The highest BCUT2D eigenvalue weighted by molar-refractivity contribution is 5.23. The number of rotatable bonds is 5. The van der Waals surface area contributed by atoms with E-state index in [2.05, 4.69) is 31.2 Å². The Labute approximate surface area is 108 Å². The summed E-state index contributed by atoms with van der Waals surface area (Å²) in [6.45, 7) is 2.56. The van der Waals surface area contributed by atoms with E-state index in [9.17, 15) is 0 Å². The number of benzene rings is 1. The lowest BCUT2D eigenvalue weighted by Gasteiger charge is -2.09. The van der Waals surface area contributed by atoms with Gasteiger partial charge in [0.25, 0.3) is 0 Å². The minimum absolute atomic E-state index is 0.113. The van der Waals surface area contributed by atoms with Crippen molar-refractivity contribution in [1.82, 2.24) is 0 Å². The first-order valence-electron chi connectivity index (χ1n) is 6.07. The van der Waals surface area contributed by atoms with Crippen LogP contribution in [0.3, 0.4) is 0 Å². The predicted molar refractivity (Wildman–Crippen MR) is 71.2 cm³/mol. The number of aryl methyl sites for hydroxylation is 1. The van der Waals surface area contributed by atoms with Crippen molar-refractivity contribution in [3.8, 4) is 0 Å². The number of ether oxygens (including phenoxy) is 1. The van der Waals surface area contributed by atoms with E-state index in [4.69, 9.17) is 14.9 Å². The second-order valence-electron chi connectivity index (χ2n) is 4.53. The van der Waals surface area contributed by atoms with Gasteiger partial charge >= 0.3 is 0 Å². The average molecular weight is 245 g/mol. The Morgan fingerprint density at radius 2 is 1.89 bits per heavy atom. The molecule has 0 saturated heterocycles. The Hall–Kier alpha value is -1.58. The van der Waals surface area contributed by atoms with Crippen LogP contribution in [0.2, 0.25) is 0 Å². The van der Waals surface area contributed by atoms with E-state index >= 15 is 0 Å². The molecular weight excluding hydrogens is 226 g/mol. The lowest BCUT2D eigenvalue weighted by molar-refractivity contribution is 0.162. The fourth-order valence-electron chi connectivity index (χ4n) is 1.89. The molecule has 0 spiro atoms. The molecular formula is C15H19NO2. The Bertz CT molecular complexity index is 487. The van der Waals surface area contributed by atoms with Crippen molar-refractivity contribution in [1.29, 1.82) is 0 Å². The van der Waals surface area contributed by atoms with E-state index in [-0.39, 0.29) is 6.04 Å². The lowest BCUT2D eigenvalue weighted by atomic mass is 10.0. The van der Waals surface area contributed by atoms with Crippen molar-refractivity contribution in [2.45, 2.75) is 26.0 Å². The van der Waals surface area contributed by atoms with Gasteiger partial charge in [-0.1, -0.05) is 29.8 Å². The Morgan fingerprint density at radius 1 is 1.17 bits per heavy atom. The summed E-state index contributed by atoms with van der Waals surface area (Å²) in [6, 6.07) is 12.1. The summed E-state index contributed by atoms with van der Waals surface area (Å²) in [4.78, 5) is 0. The van der Waals surface area contributed by atoms with Crippen LogP contribution in [-0.4, -0.2) is 7.11 Å². The molecule has 3 nitrogen and oxygen atoms in total. The molecule has 2 N–H and O–H groups in total. The maximum atomic E-state index is 6.14. The third kappa shape index (κ3) is 3.22. The first-order chi connectivity index (χ1) is 8.69. The summed E-state index contributed by atoms with van der Waals surface area (Å²) in [6.07, 6.45) is 0.778. The van der Waals surface area contributed by atoms with Gasteiger partial charge in [0.2, 0.25) is 0 Å². The van der Waals surface area contributed by atoms with Crippen LogP contribution >= 0.6 is 0 Å². The molecule has 1 atom stereocenters. The van der Waals surface area contributed by atoms with Gasteiger partial charge in [-0.15, -0.1) is 0 Å². The third-order valence-electron chi connectivity index (χ3n) is 2.91. The van der Waals surface area contributed by atoms with Crippen LogP contribution in [0.1, 0.15) is 28.7 Å². The zero-order chi connectivity index (χ0) is 13.0. The van der Waals surface area contributed by atoms with E-state index in [1.54, 1.807) is 7.11 Å². The minimum Gasteiger partial charge on any atom is -0.462 e. The molecule has 0 radical (unpaired) electrons. The molecule has 0 fully saturated rings. The number of furan rings is 1. The molecule has 1 unspecified atom stereocenters. The summed E-state index contributed by atoms with van der Waals surface area (Å²) >= 11 is 0. The van der Waals surface area contributed by atoms with Gasteiger partial charge in [-0.3, -0.25) is 0 Å².